The number of anilines is 3. The standard InChI is InChI=1S/C31H25NO2S/c1-18-14-28(19(2)13-20(18)15-21-29(33)22-16-35-17-23(22)30(21)34)32-26-11-7-5-9-24(26)31(3,4)25-10-6-8-12-27(25)32/h5-17H,1-4H3. The van der Waals surface area contributed by atoms with E-state index in [0.717, 1.165) is 22.4 Å². The number of fused-ring (bicyclic) bond motifs is 3. The lowest BCUT2D eigenvalue weighted by atomic mass is 9.73. The summed E-state index contributed by atoms with van der Waals surface area (Å²) in [4.78, 5) is 28.0. The number of ketones is 2. The minimum atomic E-state index is -0.173. The van der Waals surface area contributed by atoms with Gasteiger partial charge in [-0.1, -0.05) is 50.2 Å². The second-order valence-electron chi connectivity index (χ2n) is 9.91. The fourth-order valence-electron chi connectivity index (χ4n) is 5.48. The van der Waals surface area contributed by atoms with E-state index in [9.17, 15) is 9.59 Å². The molecule has 0 saturated carbocycles. The predicted octanol–water partition coefficient (Wildman–Crippen LogP) is 7.94. The Hall–Kier alpha value is -3.76. The second kappa shape index (κ2) is 7.62. The van der Waals surface area contributed by atoms with Gasteiger partial charge in [0.25, 0.3) is 0 Å². The molecule has 1 aliphatic heterocycles. The van der Waals surface area contributed by atoms with Gasteiger partial charge in [-0.15, -0.1) is 0 Å². The lowest BCUT2D eigenvalue weighted by molar-refractivity contribution is 0.0990. The molecule has 0 radical (unpaired) electrons. The van der Waals surface area contributed by atoms with E-state index in [2.05, 4.69) is 86.3 Å². The highest BCUT2D eigenvalue weighted by Gasteiger charge is 2.37. The third-order valence-corrected chi connectivity index (χ3v) is 8.15. The number of allylic oxidation sites excluding steroid dienone is 1. The van der Waals surface area contributed by atoms with Crippen LogP contribution in [0.25, 0.3) is 6.08 Å². The van der Waals surface area contributed by atoms with E-state index < -0.39 is 0 Å². The molecule has 3 nitrogen and oxygen atoms in total. The summed E-state index contributed by atoms with van der Waals surface area (Å²) in [7, 11) is 0. The third kappa shape index (κ3) is 3.10. The Bertz CT molecular complexity index is 1510. The summed E-state index contributed by atoms with van der Waals surface area (Å²) < 4.78 is 0. The molecule has 0 fully saturated rings. The number of carbonyl (C=O) groups excluding carboxylic acids is 2. The monoisotopic (exact) mass is 475 g/mol. The number of carbonyl (C=O) groups is 2. The molecular formula is C31H25NO2S. The first kappa shape index (κ1) is 21.8. The molecule has 0 unspecified atom stereocenters. The Labute approximate surface area is 209 Å². The van der Waals surface area contributed by atoms with Crippen molar-refractivity contribution in [3.63, 3.8) is 0 Å². The number of hydrogen-bond acceptors (Lipinski definition) is 4. The van der Waals surface area contributed by atoms with Crippen LogP contribution in [0.1, 0.15) is 62.4 Å². The zero-order valence-corrected chi connectivity index (χ0v) is 21.0. The van der Waals surface area contributed by atoms with Crippen LogP contribution in [-0.2, 0) is 5.41 Å². The molecule has 3 aromatic carbocycles. The van der Waals surface area contributed by atoms with E-state index >= 15 is 0 Å². The average Bonchev–Trinajstić information content (AvgIpc) is 3.42. The molecule has 1 aromatic heterocycles. The average molecular weight is 476 g/mol. The zero-order valence-electron chi connectivity index (χ0n) is 20.2. The second-order valence-corrected chi connectivity index (χ2v) is 10.6. The Balaban J connectivity index is 1.50. The van der Waals surface area contributed by atoms with Crippen LogP contribution in [0.4, 0.5) is 17.1 Å². The van der Waals surface area contributed by atoms with Gasteiger partial charge in [0.1, 0.15) is 0 Å². The van der Waals surface area contributed by atoms with Crippen molar-refractivity contribution in [3.05, 3.63) is 116 Å². The maximum Gasteiger partial charge on any atom is 0.198 e. The van der Waals surface area contributed by atoms with Crippen LogP contribution >= 0.6 is 11.3 Å². The van der Waals surface area contributed by atoms with Crippen molar-refractivity contribution >= 4 is 46.0 Å². The molecule has 0 bridgehead atoms. The Morgan fingerprint density at radius 2 is 1.29 bits per heavy atom. The Morgan fingerprint density at radius 3 is 1.86 bits per heavy atom. The van der Waals surface area contributed by atoms with Crippen LogP contribution in [0.3, 0.4) is 0 Å². The maximum atomic E-state index is 12.8. The van der Waals surface area contributed by atoms with Crippen LogP contribution in [0, 0.1) is 13.8 Å². The number of hydrogen-bond donors (Lipinski definition) is 0. The Kier molecular flexibility index (Phi) is 4.74. The van der Waals surface area contributed by atoms with Crippen molar-refractivity contribution in [1.82, 2.24) is 0 Å². The van der Waals surface area contributed by atoms with Gasteiger partial charge in [-0.05, 0) is 72.0 Å². The van der Waals surface area contributed by atoms with Gasteiger partial charge in [0.15, 0.2) is 11.6 Å². The van der Waals surface area contributed by atoms with Gasteiger partial charge in [0, 0.05) is 33.0 Å². The molecule has 4 heteroatoms. The molecule has 0 saturated heterocycles. The fourth-order valence-corrected chi connectivity index (χ4v) is 6.29. The van der Waals surface area contributed by atoms with E-state index in [4.69, 9.17) is 0 Å². The van der Waals surface area contributed by atoms with Crippen LogP contribution < -0.4 is 4.90 Å². The number of aryl methyl sites for hydroxylation is 2. The number of thiophene rings is 1. The molecule has 2 aliphatic rings. The van der Waals surface area contributed by atoms with E-state index in [-0.39, 0.29) is 22.6 Å². The van der Waals surface area contributed by atoms with Gasteiger partial charge in [0.05, 0.1) is 16.9 Å². The van der Waals surface area contributed by atoms with Crippen LogP contribution in [0.2, 0.25) is 0 Å². The number of para-hydroxylation sites is 2. The van der Waals surface area contributed by atoms with Crippen LogP contribution in [-0.4, -0.2) is 11.6 Å². The molecule has 172 valence electrons. The van der Waals surface area contributed by atoms with Crippen molar-refractivity contribution < 1.29 is 9.59 Å². The van der Waals surface area contributed by atoms with Gasteiger partial charge in [-0.2, -0.15) is 11.3 Å². The van der Waals surface area contributed by atoms with Crippen molar-refractivity contribution in [1.29, 1.82) is 0 Å². The molecule has 4 aromatic rings. The highest BCUT2D eigenvalue weighted by atomic mass is 32.1. The van der Waals surface area contributed by atoms with Crippen molar-refractivity contribution in [3.8, 4) is 0 Å². The molecule has 0 atom stereocenters. The number of nitrogens with zero attached hydrogens (tertiary/aromatic N) is 1. The van der Waals surface area contributed by atoms with Gasteiger partial charge in [0.2, 0.25) is 0 Å². The van der Waals surface area contributed by atoms with Gasteiger partial charge in [-0.3, -0.25) is 9.59 Å². The normalized spacial score (nSPS) is 15.7. The smallest absolute Gasteiger partial charge is 0.198 e. The van der Waals surface area contributed by atoms with E-state index in [0.29, 0.717) is 11.1 Å². The molecule has 0 N–H and O–H groups in total. The van der Waals surface area contributed by atoms with Crippen LogP contribution in [0.5, 0.6) is 0 Å². The van der Waals surface area contributed by atoms with Crippen molar-refractivity contribution in [2.45, 2.75) is 33.1 Å². The lowest BCUT2D eigenvalue weighted by Crippen LogP contribution is -2.30. The Morgan fingerprint density at radius 1 is 0.743 bits per heavy atom. The summed E-state index contributed by atoms with van der Waals surface area (Å²) in [6, 6.07) is 21.5. The van der Waals surface area contributed by atoms with E-state index in [1.807, 2.05) is 6.92 Å². The van der Waals surface area contributed by atoms with Crippen molar-refractivity contribution in [2.75, 3.05) is 4.90 Å². The molecular weight excluding hydrogens is 450 g/mol. The number of benzene rings is 3. The van der Waals surface area contributed by atoms with E-state index in [1.54, 1.807) is 16.8 Å². The first-order chi connectivity index (χ1) is 16.8. The van der Waals surface area contributed by atoms with Crippen molar-refractivity contribution in [2.24, 2.45) is 0 Å². The predicted molar refractivity (Wildman–Crippen MR) is 144 cm³/mol. The summed E-state index contributed by atoms with van der Waals surface area (Å²) in [5.41, 5.74) is 10.2. The summed E-state index contributed by atoms with van der Waals surface area (Å²) in [5.74, 6) is -0.345. The van der Waals surface area contributed by atoms with Gasteiger partial charge >= 0.3 is 0 Å². The molecule has 0 spiro atoms. The van der Waals surface area contributed by atoms with Gasteiger partial charge in [-0.25, -0.2) is 0 Å². The first-order valence-corrected chi connectivity index (χ1v) is 12.7. The summed E-state index contributed by atoms with van der Waals surface area (Å²) in [6.45, 7) is 8.70. The fraction of sp³-hybridized carbons (Fsp3) is 0.161. The highest BCUT2D eigenvalue weighted by molar-refractivity contribution is 7.08. The van der Waals surface area contributed by atoms with Crippen LogP contribution in [0.15, 0.2) is 77.0 Å². The SMILES string of the molecule is Cc1cc(N2c3ccccc3C(C)(C)c3ccccc32)c(C)cc1C=C1C(=O)c2cscc2C1=O. The van der Waals surface area contributed by atoms with E-state index in [1.165, 1.54) is 33.8 Å². The summed E-state index contributed by atoms with van der Waals surface area (Å²) in [5, 5.41) is 3.54. The minimum Gasteiger partial charge on any atom is -0.310 e. The first-order valence-electron chi connectivity index (χ1n) is 11.8. The molecule has 2 heterocycles. The summed E-state index contributed by atoms with van der Waals surface area (Å²) >= 11 is 1.40. The molecule has 0 amide bonds. The molecule has 1 aliphatic carbocycles. The zero-order chi connectivity index (χ0) is 24.5. The minimum absolute atomic E-state index is 0.111. The summed E-state index contributed by atoms with van der Waals surface area (Å²) in [6.07, 6.45) is 1.77. The number of Topliss-reactive ketones (excluding diaryl/α,β-unsaturated/α-hetero) is 2. The quantitative estimate of drug-likeness (QED) is 0.218. The third-order valence-electron chi connectivity index (χ3n) is 7.40. The lowest BCUT2D eigenvalue weighted by Gasteiger charge is -2.42. The molecule has 6 rings (SSSR count). The number of rotatable bonds is 2. The maximum absolute atomic E-state index is 12.8. The largest absolute Gasteiger partial charge is 0.310 e. The highest BCUT2D eigenvalue weighted by Crippen LogP contribution is 2.52. The topological polar surface area (TPSA) is 37.4 Å². The van der Waals surface area contributed by atoms with Gasteiger partial charge < -0.3 is 4.90 Å². The molecule has 35 heavy (non-hydrogen) atoms.